The maximum atomic E-state index is 13.8. The Labute approximate surface area is 201 Å². The number of fused-ring (bicyclic) bond motifs is 1. The van der Waals surface area contributed by atoms with Crippen molar-refractivity contribution in [2.45, 2.75) is 19.7 Å². The van der Waals surface area contributed by atoms with E-state index in [2.05, 4.69) is 0 Å². The summed E-state index contributed by atoms with van der Waals surface area (Å²) in [6.45, 7) is 1.85. The van der Waals surface area contributed by atoms with E-state index in [4.69, 9.17) is 30.2 Å². The van der Waals surface area contributed by atoms with Gasteiger partial charge in [-0.1, -0.05) is 29.8 Å². The summed E-state index contributed by atoms with van der Waals surface area (Å²) in [7, 11) is 0. The number of rotatable bonds is 7. The Morgan fingerprint density at radius 2 is 1.71 bits per heavy atom. The SMILES string of the molecule is CCOc1ccccc1Oc1c(C(F)(F)F)oc2cc(OCc3ccc(F)cc3Cl)ccc2c1=O. The lowest BCUT2D eigenvalue weighted by atomic mass is 10.2. The van der Waals surface area contributed by atoms with Gasteiger partial charge in [-0.15, -0.1) is 0 Å². The lowest BCUT2D eigenvalue weighted by molar-refractivity contribution is -0.154. The van der Waals surface area contributed by atoms with Gasteiger partial charge in [-0.2, -0.15) is 13.2 Å². The molecular formula is C25H17ClF4O5. The molecular weight excluding hydrogens is 492 g/mol. The van der Waals surface area contributed by atoms with Crippen LogP contribution in [0.15, 0.2) is 69.9 Å². The Kier molecular flexibility index (Phi) is 6.88. The van der Waals surface area contributed by atoms with Crippen molar-refractivity contribution >= 4 is 22.6 Å². The summed E-state index contributed by atoms with van der Waals surface area (Å²) in [5.41, 5.74) is -0.907. The average molecular weight is 509 g/mol. The fraction of sp³-hybridized carbons (Fsp3) is 0.160. The fourth-order valence-electron chi connectivity index (χ4n) is 3.24. The number of alkyl halides is 3. The smallest absolute Gasteiger partial charge is 0.453 e. The molecule has 0 aliphatic carbocycles. The van der Waals surface area contributed by atoms with Crippen LogP contribution in [0.25, 0.3) is 11.0 Å². The largest absolute Gasteiger partial charge is 0.490 e. The molecule has 0 N–H and O–H groups in total. The van der Waals surface area contributed by atoms with Crippen molar-refractivity contribution in [3.63, 3.8) is 0 Å². The zero-order valence-corrected chi connectivity index (χ0v) is 18.9. The van der Waals surface area contributed by atoms with Gasteiger partial charge in [-0.25, -0.2) is 4.39 Å². The van der Waals surface area contributed by atoms with E-state index in [0.29, 0.717) is 5.56 Å². The van der Waals surface area contributed by atoms with Crippen molar-refractivity contribution in [1.29, 1.82) is 0 Å². The Morgan fingerprint density at radius 3 is 2.40 bits per heavy atom. The van der Waals surface area contributed by atoms with E-state index in [9.17, 15) is 22.4 Å². The van der Waals surface area contributed by atoms with Gasteiger partial charge in [0, 0.05) is 11.6 Å². The van der Waals surface area contributed by atoms with Crippen LogP contribution < -0.4 is 19.6 Å². The minimum atomic E-state index is -5.03. The van der Waals surface area contributed by atoms with Crippen molar-refractivity contribution in [3.8, 4) is 23.0 Å². The molecule has 1 aromatic heterocycles. The van der Waals surface area contributed by atoms with Gasteiger partial charge in [0.05, 0.1) is 17.0 Å². The lowest BCUT2D eigenvalue weighted by Crippen LogP contribution is -2.15. The summed E-state index contributed by atoms with van der Waals surface area (Å²) in [5, 5.41) is -0.0140. The molecule has 0 aliphatic rings. The summed E-state index contributed by atoms with van der Waals surface area (Å²) >= 11 is 5.97. The highest BCUT2D eigenvalue weighted by Crippen LogP contribution is 2.40. The van der Waals surface area contributed by atoms with Crippen LogP contribution in [0.2, 0.25) is 5.02 Å². The van der Waals surface area contributed by atoms with Gasteiger partial charge in [-0.3, -0.25) is 4.79 Å². The first-order chi connectivity index (χ1) is 16.7. The van der Waals surface area contributed by atoms with Crippen LogP contribution in [0.4, 0.5) is 17.6 Å². The molecule has 0 spiro atoms. The molecule has 4 rings (SSSR count). The van der Waals surface area contributed by atoms with Crippen LogP contribution in [0, 0.1) is 5.82 Å². The van der Waals surface area contributed by atoms with Gasteiger partial charge in [0.15, 0.2) is 11.5 Å². The minimum absolute atomic E-state index is 0.0670. The molecule has 0 saturated heterocycles. The second-order valence-electron chi connectivity index (χ2n) is 7.25. The molecule has 0 aliphatic heterocycles. The molecule has 0 amide bonds. The molecule has 10 heteroatoms. The third kappa shape index (κ3) is 5.35. The highest BCUT2D eigenvalue weighted by molar-refractivity contribution is 6.31. The molecule has 0 unspecified atom stereocenters. The molecule has 35 heavy (non-hydrogen) atoms. The van der Waals surface area contributed by atoms with E-state index < -0.39 is 28.9 Å². The topological polar surface area (TPSA) is 57.9 Å². The summed E-state index contributed by atoms with van der Waals surface area (Å²) in [6.07, 6.45) is -5.03. The van der Waals surface area contributed by atoms with Crippen molar-refractivity contribution in [1.82, 2.24) is 0 Å². The van der Waals surface area contributed by atoms with Gasteiger partial charge in [-0.05, 0) is 43.3 Å². The summed E-state index contributed by atoms with van der Waals surface area (Å²) in [6, 6.07) is 13.6. The fourth-order valence-corrected chi connectivity index (χ4v) is 3.47. The van der Waals surface area contributed by atoms with Gasteiger partial charge >= 0.3 is 6.18 Å². The second-order valence-corrected chi connectivity index (χ2v) is 7.66. The molecule has 3 aromatic carbocycles. The molecule has 0 fully saturated rings. The Morgan fingerprint density at radius 1 is 0.971 bits per heavy atom. The zero-order valence-electron chi connectivity index (χ0n) is 18.1. The van der Waals surface area contributed by atoms with Gasteiger partial charge in [0.1, 0.15) is 23.8 Å². The Bertz CT molecular complexity index is 1430. The predicted octanol–water partition coefficient (Wildman–Crippen LogP) is 7.37. The maximum absolute atomic E-state index is 13.8. The van der Waals surface area contributed by atoms with Crippen LogP contribution in [0.5, 0.6) is 23.0 Å². The highest BCUT2D eigenvalue weighted by Gasteiger charge is 2.40. The van der Waals surface area contributed by atoms with Crippen LogP contribution in [0.3, 0.4) is 0 Å². The highest BCUT2D eigenvalue weighted by atomic mass is 35.5. The molecule has 0 saturated carbocycles. The van der Waals surface area contributed by atoms with Crippen molar-refractivity contribution in [2.24, 2.45) is 0 Å². The van der Waals surface area contributed by atoms with Crippen LogP contribution in [0.1, 0.15) is 18.2 Å². The van der Waals surface area contributed by atoms with E-state index in [0.717, 1.165) is 12.1 Å². The van der Waals surface area contributed by atoms with Gasteiger partial charge < -0.3 is 18.6 Å². The van der Waals surface area contributed by atoms with Crippen molar-refractivity contribution in [3.05, 3.63) is 93.1 Å². The Balaban J connectivity index is 1.73. The quantitative estimate of drug-likeness (QED) is 0.244. The van der Waals surface area contributed by atoms with Crippen molar-refractivity contribution < 1.29 is 36.2 Å². The average Bonchev–Trinajstić information content (AvgIpc) is 2.80. The molecule has 4 aromatic rings. The number of benzene rings is 3. The normalized spacial score (nSPS) is 11.5. The van der Waals surface area contributed by atoms with E-state index in [1.54, 1.807) is 13.0 Å². The first kappa shape index (κ1) is 24.4. The third-order valence-corrected chi connectivity index (χ3v) is 5.20. The number of hydrogen-bond acceptors (Lipinski definition) is 5. The maximum Gasteiger partial charge on any atom is 0.453 e. The minimum Gasteiger partial charge on any atom is -0.490 e. The predicted molar refractivity (Wildman–Crippen MR) is 121 cm³/mol. The number of hydrogen-bond donors (Lipinski definition) is 0. The van der Waals surface area contributed by atoms with Gasteiger partial charge in [0.2, 0.25) is 11.2 Å². The van der Waals surface area contributed by atoms with Crippen LogP contribution in [-0.4, -0.2) is 6.61 Å². The zero-order chi connectivity index (χ0) is 25.2. The van der Waals surface area contributed by atoms with Gasteiger partial charge in [0.25, 0.3) is 5.76 Å². The van der Waals surface area contributed by atoms with E-state index in [1.807, 2.05) is 0 Å². The second kappa shape index (κ2) is 9.87. The first-order valence-electron chi connectivity index (χ1n) is 10.3. The van der Waals surface area contributed by atoms with E-state index >= 15 is 0 Å². The number of ether oxygens (including phenoxy) is 3. The molecule has 1 heterocycles. The van der Waals surface area contributed by atoms with E-state index in [1.165, 1.54) is 42.5 Å². The third-order valence-electron chi connectivity index (χ3n) is 4.85. The standard InChI is InChI=1S/C25H17ClF4O5/c1-2-32-19-5-3-4-6-20(19)34-23-22(31)17-10-9-16(12-21(17)35-24(23)25(28,29)30)33-13-14-7-8-15(27)11-18(14)26/h3-12H,2,13H2,1H3. The summed E-state index contributed by atoms with van der Waals surface area (Å²) in [4.78, 5) is 13.0. The molecule has 0 bridgehead atoms. The molecule has 182 valence electrons. The summed E-state index contributed by atoms with van der Waals surface area (Å²) < 4.78 is 76.1. The van der Waals surface area contributed by atoms with E-state index in [-0.39, 0.29) is 46.5 Å². The van der Waals surface area contributed by atoms with Crippen molar-refractivity contribution in [2.75, 3.05) is 6.61 Å². The molecule has 0 atom stereocenters. The molecule has 0 radical (unpaired) electrons. The first-order valence-corrected chi connectivity index (χ1v) is 10.7. The monoisotopic (exact) mass is 508 g/mol. The van der Waals surface area contributed by atoms with Crippen LogP contribution in [-0.2, 0) is 12.8 Å². The summed E-state index contributed by atoms with van der Waals surface area (Å²) in [5.74, 6) is -2.91. The lowest BCUT2D eigenvalue weighted by Gasteiger charge is -2.15. The Hall–Kier alpha value is -3.72. The van der Waals surface area contributed by atoms with Crippen LogP contribution >= 0.6 is 11.6 Å². The number of para-hydroxylation sites is 2. The number of halogens is 5. The molecule has 5 nitrogen and oxygen atoms in total.